The summed E-state index contributed by atoms with van der Waals surface area (Å²) in [6.45, 7) is 2.02. The molecule has 0 aliphatic carbocycles. The van der Waals surface area contributed by atoms with Gasteiger partial charge < -0.3 is 4.74 Å². The summed E-state index contributed by atoms with van der Waals surface area (Å²) >= 11 is 0. The maximum atomic E-state index is 11.2. The highest BCUT2D eigenvalue weighted by molar-refractivity contribution is 6.07. The average molecular weight is 203 g/mol. The van der Waals surface area contributed by atoms with Gasteiger partial charge in [0.2, 0.25) is 0 Å². The first-order valence-electron chi connectivity index (χ1n) is 4.40. The van der Waals surface area contributed by atoms with Gasteiger partial charge in [-0.05, 0) is 31.2 Å². The largest absolute Gasteiger partial charge is 0.462 e. The topological polar surface area (TPSA) is 67.2 Å². The highest BCUT2D eigenvalue weighted by Gasteiger charge is 2.08. The normalized spacial score (nSPS) is 9.07. The Kier molecular flexibility index (Phi) is 3.58. The van der Waals surface area contributed by atoms with Crippen LogP contribution >= 0.6 is 0 Å². The van der Waals surface area contributed by atoms with Crippen molar-refractivity contribution in [3.63, 3.8) is 0 Å². The summed E-state index contributed by atoms with van der Waals surface area (Å²) in [7, 11) is 0. The maximum Gasteiger partial charge on any atom is 0.338 e. The summed E-state index contributed by atoms with van der Waals surface area (Å²) in [6, 6.07) is 7.28. The van der Waals surface area contributed by atoms with Gasteiger partial charge in [-0.3, -0.25) is 4.79 Å². The number of hydrogen-bond donors (Lipinski definition) is 0. The first-order valence-corrected chi connectivity index (χ1v) is 4.40. The number of rotatable bonds is 3. The van der Waals surface area contributed by atoms with E-state index >= 15 is 0 Å². The minimum atomic E-state index is -0.620. The van der Waals surface area contributed by atoms with Crippen molar-refractivity contribution >= 4 is 11.8 Å². The molecule has 1 aromatic carbocycles. The number of ketones is 1. The molecule has 1 aromatic rings. The molecule has 1 rings (SSSR count). The minimum Gasteiger partial charge on any atom is -0.462 e. The lowest BCUT2D eigenvalue weighted by Crippen LogP contribution is -2.05. The Morgan fingerprint density at radius 2 is 1.80 bits per heavy atom. The van der Waals surface area contributed by atoms with Gasteiger partial charge in [-0.15, -0.1) is 0 Å². The number of esters is 1. The fourth-order valence-corrected chi connectivity index (χ4v) is 1.04. The molecule has 0 amide bonds. The zero-order valence-electron chi connectivity index (χ0n) is 8.19. The van der Waals surface area contributed by atoms with Crippen LogP contribution in [0.5, 0.6) is 0 Å². The molecule has 0 fully saturated rings. The molecular weight excluding hydrogens is 194 g/mol. The molecule has 0 radical (unpaired) electrons. The molecule has 0 spiro atoms. The van der Waals surface area contributed by atoms with E-state index in [1.165, 1.54) is 30.3 Å². The van der Waals surface area contributed by atoms with Gasteiger partial charge >= 0.3 is 5.97 Å². The lowest BCUT2D eigenvalue weighted by molar-refractivity contribution is 0.0526. The minimum absolute atomic E-state index is 0.269. The van der Waals surface area contributed by atoms with Gasteiger partial charge in [0.15, 0.2) is 0 Å². The van der Waals surface area contributed by atoms with E-state index in [-0.39, 0.29) is 5.56 Å². The third-order valence-electron chi connectivity index (χ3n) is 1.76. The lowest BCUT2D eigenvalue weighted by atomic mass is 10.1. The van der Waals surface area contributed by atoms with Gasteiger partial charge in [-0.2, -0.15) is 5.26 Å². The van der Waals surface area contributed by atoms with Crippen LogP contribution in [-0.2, 0) is 4.74 Å². The first kappa shape index (κ1) is 10.9. The van der Waals surface area contributed by atoms with Crippen molar-refractivity contribution in [3.05, 3.63) is 35.4 Å². The standard InChI is InChI=1S/C11H9NO3/c1-2-15-11(14)9-5-3-8(4-6-9)10(13)7-12/h3-6H,2H2,1H3. The van der Waals surface area contributed by atoms with Crippen LogP contribution in [0.15, 0.2) is 24.3 Å². The molecule has 15 heavy (non-hydrogen) atoms. The van der Waals surface area contributed by atoms with E-state index in [9.17, 15) is 9.59 Å². The molecule has 0 atom stereocenters. The Morgan fingerprint density at radius 3 is 2.27 bits per heavy atom. The van der Waals surface area contributed by atoms with Crippen LogP contribution in [0.25, 0.3) is 0 Å². The SMILES string of the molecule is CCOC(=O)c1ccc(C(=O)C#N)cc1. The fourth-order valence-electron chi connectivity index (χ4n) is 1.04. The number of hydrogen-bond acceptors (Lipinski definition) is 4. The van der Waals surface area contributed by atoms with Gasteiger partial charge in [-0.1, -0.05) is 0 Å². The monoisotopic (exact) mass is 203 g/mol. The number of nitrogens with zero attached hydrogens (tertiary/aromatic N) is 1. The van der Waals surface area contributed by atoms with Crippen molar-refractivity contribution < 1.29 is 14.3 Å². The number of carbonyl (C=O) groups is 2. The molecule has 4 nitrogen and oxygen atoms in total. The van der Waals surface area contributed by atoms with Crippen LogP contribution in [0, 0.1) is 11.3 Å². The Bertz CT molecular complexity index is 414. The van der Waals surface area contributed by atoms with Crippen molar-refractivity contribution in [3.8, 4) is 6.07 Å². The van der Waals surface area contributed by atoms with Crippen LogP contribution < -0.4 is 0 Å². The van der Waals surface area contributed by atoms with E-state index < -0.39 is 11.8 Å². The van der Waals surface area contributed by atoms with Crippen LogP contribution in [0.4, 0.5) is 0 Å². The predicted molar refractivity (Wildman–Crippen MR) is 52.3 cm³/mol. The number of nitriles is 1. The molecule has 0 aliphatic heterocycles. The zero-order chi connectivity index (χ0) is 11.3. The summed E-state index contributed by atoms with van der Waals surface area (Å²) in [5.41, 5.74) is 0.636. The molecule has 0 bridgehead atoms. The molecule has 4 heteroatoms. The predicted octanol–water partition coefficient (Wildman–Crippen LogP) is 1.57. The molecule has 76 valence electrons. The summed E-state index contributed by atoms with van der Waals surface area (Å²) in [5, 5.41) is 8.36. The van der Waals surface area contributed by atoms with Crippen molar-refractivity contribution in [2.75, 3.05) is 6.61 Å². The molecule has 0 aromatic heterocycles. The van der Waals surface area contributed by atoms with E-state index in [2.05, 4.69) is 0 Å². The Morgan fingerprint density at radius 1 is 1.27 bits per heavy atom. The van der Waals surface area contributed by atoms with E-state index in [1.807, 2.05) is 0 Å². The van der Waals surface area contributed by atoms with E-state index in [0.717, 1.165) is 0 Å². The molecule has 0 N–H and O–H groups in total. The fraction of sp³-hybridized carbons (Fsp3) is 0.182. The number of ether oxygens (including phenoxy) is 1. The number of carbonyl (C=O) groups excluding carboxylic acids is 2. The maximum absolute atomic E-state index is 11.2. The number of Topliss-reactive ketones (excluding diaryl/α,β-unsaturated/α-hetero) is 1. The molecule has 0 aliphatic rings. The van der Waals surface area contributed by atoms with E-state index in [1.54, 1.807) is 6.92 Å². The second kappa shape index (κ2) is 4.91. The second-order valence-electron chi connectivity index (χ2n) is 2.74. The molecule has 0 saturated heterocycles. The van der Waals surface area contributed by atoms with E-state index in [0.29, 0.717) is 12.2 Å². The highest BCUT2D eigenvalue weighted by Crippen LogP contribution is 2.06. The first-order chi connectivity index (χ1) is 7.19. The Labute approximate surface area is 87.1 Å². The Hall–Kier alpha value is -2.15. The lowest BCUT2D eigenvalue weighted by Gasteiger charge is -2.01. The van der Waals surface area contributed by atoms with Gasteiger partial charge in [0.25, 0.3) is 5.78 Å². The van der Waals surface area contributed by atoms with Crippen molar-refractivity contribution in [1.29, 1.82) is 5.26 Å². The molecular formula is C11H9NO3. The average Bonchev–Trinajstić information content (AvgIpc) is 2.28. The van der Waals surface area contributed by atoms with Gasteiger partial charge in [0, 0.05) is 5.56 Å². The highest BCUT2D eigenvalue weighted by atomic mass is 16.5. The molecule has 0 unspecified atom stereocenters. The van der Waals surface area contributed by atoms with Crippen molar-refractivity contribution in [2.24, 2.45) is 0 Å². The van der Waals surface area contributed by atoms with Crippen LogP contribution in [0.3, 0.4) is 0 Å². The molecule has 0 saturated carbocycles. The zero-order valence-corrected chi connectivity index (χ0v) is 8.19. The number of benzene rings is 1. The summed E-state index contributed by atoms with van der Waals surface area (Å²) in [4.78, 5) is 22.2. The van der Waals surface area contributed by atoms with Gasteiger partial charge in [-0.25, -0.2) is 4.79 Å². The third kappa shape index (κ3) is 2.64. The van der Waals surface area contributed by atoms with Gasteiger partial charge in [0.1, 0.15) is 6.07 Å². The molecule has 0 heterocycles. The van der Waals surface area contributed by atoms with Crippen molar-refractivity contribution in [1.82, 2.24) is 0 Å². The quantitative estimate of drug-likeness (QED) is 0.425. The van der Waals surface area contributed by atoms with E-state index in [4.69, 9.17) is 10.00 Å². The van der Waals surface area contributed by atoms with Gasteiger partial charge in [0.05, 0.1) is 12.2 Å². The van der Waals surface area contributed by atoms with Crippen LogP contribution in [0.2, 0.25) is 0 Å². The summed E-state index contributed by atoms with van der Waals surface area (Å²) < 4.78 is 4.77. The summed E-state index contributed by atoms with van der Waals surface area (Å²) in [6.07, 6.45) is 0. The third-order valence-corrected chi connectivity index (χ3v) is 1.76. The van der Waals surface area contributed by atoms with Crippen LogP contribution in [-0.4, -0.2) is 18.4 Å². The second-order valence-corrected chi connectivity index (χ2v) is 2.74. The summed E-state index contributed by atoms with van der Waals surface area (Å²) in [5.74, 6) is -1.06. The Balaban J connectivity index is 2.86. The van der Waals surface area contributed by atoms with Crippen molar-refractivity contribution in [2.45, 2.75) is 6.92 Å². The van der Waals surface area contributed by atoms with Crippen LogP contribution in [0.1, 0.15) is 27.6 Å². The smallest absolute Gasteiger partial charge is 0.338 e.